The molecule has 0 aliphatic rings. The van der Waals surface area contributed by atoms with E-state index in [1.165, 1.54) is 12.1 Å². The third-order valence-electron chi connectivity index (χ3n) is 1.95. The van der Waals surface area contributed by atoms with E-state index in [1.54, 1.807) is 17.8 Å². The topological polar surface area (TPSA) is 33.6 Å². The van der Waals surface area contributed by atoms with Crippen LogP contribution in [0.4, 0.5) is 4.39 Å². The number of hydrogen-bond donors (Lipinski definition) is 1. The van der Waals surface area contributed by atoms with Gasteiger partial charge in [-0.05, 0) is 46.3 Å². The first-order valence-corrected chi connectivity index (χ1v) is 5.36. The minimum atomic E-state index is -0.292. The lowest BCUT2D eigenvalue weighted by molar-refractivity contribution is 0.627. The van der Waals surface area contributed by atoms with Gasteiger partial charge in [-0.15, -0.1) is 0 Å². The number of benzene rings is 1. The van der Waals surface area contributed by atoms with Gasteiger partial charge in [0, 0.05) is 17.1 Å². The highest BCUT2D eigenvalue weighted by molar-refractivity contribution is 9.10. The van der Waals surface area contributed by atoms with Crippen LogP contribution >= 0.6 is 28.1 Å². The molecule has 1 aromatic heterocycles. The molecule has 0 radical (unpaired) electrons. The number of aromatic amines is 1. The van der Waals surface area contributed by atoms with Crippen molar-refractivity contribution >= 4 is 28.1 Å². The Balaban J connectivity index is 2.59. The zero-order valence-electron chi connectivity index (χ0n) is 7.79. The van der Waals surface area contributed by atoms with E-state index in [9.17, 15) is 4.39 Å². The summed E-state index contributed by atoms with van der Waals surface area (Å²) in [6, 6.07) is 4.42. The average Bonchev–Trinajstić information content (AvgIpc) is 2.46. The van der Waals surface area contributed by atoms with Gasteiger partial charge in [0.2, 0.25) is 4.77 Å². The van der Waals surface area contributed by atoms with Crippen molar-refractivity contribution in [3.63, 3.8) is 0 Å². The minimum absolute atomic E-state index is 0.292. The molecule has 2 rings (SSSR count). The normalized spacial score (nSPS) is 10.6. The maximum Gasteiger partial charge on any atom is 0.216 e. The smallest absolute Gasteiger partial charge is 0.216 e. The van der Waals surface area contributed by atoms with Gasteiger partial charge < -0.3 is 0 Å². The van der Waals surface area contributed by atoms with Gasteiger partial charge in [-0.25, -0.2) is 4.39 Å². The van der Waals surface area contributed by atoms with Crippen LogP contribution < -0.4 is 0 Å². The fourth-order valence-corrected chi connectivity index (χ4v) is 1.88. The van der Waals surface area contributed by atoms with Crippen molar-refractivity contribution in [2.45, 2.75) is 0 Å². The van der Waals surface area contributed by atoms with Crippen LogP contribution in [-0.2, 0) is 7.05 Å². The maximum atomic E-state index is 12.9. The summed E-state index contributed by atoms with van der Waals surface area (Å²) in [5.74, 6) is 0.328. The predicted octanol–water partition coefficient (Wildman–Crippen LogP) is 3.05. The Bertz CT molecular complexity index is 561. The van der Waals surface area contributed by atoms with E-state index in [0.29, 0.717) is 15.1 Å². The molecule has 1 N–H and O–H groups in total. The minimum Gasteiger partial charge on any atom is -0.279 e. The third-order valence-corrected chi connectivity index (χ3v) is 2.98. The van der Waals surface area contributed by atoms with Crippen molar-refractivity contribution in [2.75, 3.05) is 0 Å². The second-order valence-corrected chi connectivity index (χ2v) is 4.26. The largest absolute Gasteiger partial charge is 0.279 e. The molecule has 1 heterocycles. The number of rotatable bonds is 1. The lowest BCUT2D eigenvalue weighted by atomic mass is 10.2. The van der Waals surface area contributed by atoms with Gasteiger partial charge in [-0.2, -0.15) is 4.98 Å². The molecule has 6 heteroatoms. The molecule has 15 heavy (non-hydrogen) atoms. The van der Waals surface area contributed by atoms with Crippen LogP contribution in [0.25, 0.3) is 11.4 Å². The van der Waals surface area contributed by atoms with Crippen molar-refractivity contribution in [1.82, 2.24) is 14.8 Å². The molecule has 0 saturated carbocycles. The van der Waals surface area contributed by atoms with E-state index in [2.05, 4.69) is 26.0 Å². The van der Waals surface area contributed by atoms with Gasteiger partial charge in [0.05, 0.1) is 0 Å². The van der Waals surface area contributed by atoms with Gasteiger partial charge in [0.1, 0.15) is 5.82 Å². The molecular weight excluding hydrogens is 281 g/mol. The summed E-state index contributed by atoms with van der Waals surface area (Å²) in [7, 11) is 1.77. The van der Waals surface area contributed by atoms with Crippen molar-refractivity contribution in [3.05, 3.63) is 33.3 Å². The summed E-state index contributed by atoms with van der Waals surface area (Å²) in [4.78, 5) is 4.14. The highest BCUT2D eigenvalue weighted by Crippen LogP contribution is 2.25. The molecule has 0 aliphatic carbocycles. The number of H-pyrrole nitrogens is 1. The molecule has 0 aliphatic heterocycles. The van der Waals surface area contributed by atoms with Gasteiger partial charge in [-0.3, -0.25) is 9.78 Å². The fourth-order valence-electron chi connectivity index (χ4n) is 1.20. The van der Waals surface area contributed by atoms with Crippen LogP contribution in [0.5, 0.6) is 0 Å². The monoisotopic (exact) mass is 287 g/mol. The first kappa shape index (κ1) is 10.5. The summed E-state index contributed by atoms with van der Waals surface area (Å²) in [6.45, 7) is 0. The Morgan fingerprint density at radius 2 is 2.27 bits per heavy atom. The van der Waals surface area contributed by atoms with Crippen LogP contribution in [-0.4, -0.2) is 14.8 Å². The predicted molar refractivity (Wildman–Crippen MR) is 61.5 cm³/mol. The van der Waals surface area contributed by atoms with Crippen LogP contribution in [0, 0.1) is 10.6 Å². The molecule has 2 aromatic rings. The quantitative estimate of drug-likeness (QED) is 0.818. The molecular formula is C9H7BrFN3S. The number of aromatic nitrogens is 3. The SMILES string of the molecule is Cn1[nH]c(-c2ccc(F)cc2Br)nc1=S. The zero-order chi connectivity index (χ0) is 11.0. The van der Waals surface area contributed by atoms with Gasteiger partial charge in [0.15, 0.2) is 5.82 Å². The number of hydrogen-bond acceptors (Lipinski definition) is 2. The summed E-state index contributed by atoms with van der Waals surface area (Å²) >= 11 is 8.25. The lowest BCUT2D eigenvalue weighted by Crippen LogP contribution is -1.90. The Hall–Kier alpha value is -1.01. The van der Waals surface area contributed by atoms with Gasteiger partial charge in [-0.1, -0.05) is 0 Å². The molecule has 0 spiro atoms. The van der Waals surface area contributed by atoms with E-state index in [1.807, 2.05) is 0 Å². The lowest BCUT2D eigenvalue weighted by Gasteiger charge is -1.99. The van der Waals surface area contributed by atoms with E-state index >= 15 is 0 Å². The zero-order valence-corrected chi connectivity index (χ0v) is 10.2. The number of halogens is 2. The third kappa shape index (κ3) is 2.00. The molecule has 0 unspecified atom stereocenters. The Labute approximate surface area is 99.1 Å². The number of nitrogens with one attached hydrogen (secondary N) is 1. The fraction of sp³-hybridized carbons (Fsp3) is 0.111. The Morgan fingerprint density at radius 1 is 1.53 bits per heavy atom. The summed E-state index contributed by atoms with van der Waals surface area (Å²) in [5.41, 5.74) is 0.781. The molecule has 3 nitrogen and oxygen atoms in total. The van der Waals surface area contributed by atoms with Crippen LogP contribution in [0.15, 0.2) is 22.7 Å². The van der Waals surface area contributed by atoms with Crippen LogP contribution in [0.1, 0.15) is 0 Å². The van der Waals surface area contributed by atoms with Crippen molar-refractivity contribution in [2.24, 2.45) is 7.05 Å². The molecule has 1 aromatic carbocycles. The van der Waals surface area contributed by atoms with Crippen molar-refractivity contribution in [3.8, 4) is 11.4 Å². The van der Waals surface area contributed by atoms with E-state index in [-0.39, 0.29) is 5.82 Å². The first-order chi connectivity index (χ1) is 7.08. The summed E-state index contributed by atoms with van der Waals surface area (Å²) in [6.07, 6.45) is 0. The molecule has 0 bridgehead atoms. The van der Waals surface area contributed by atoms with E-state index in [4.69, 9.17) is 12.2 Å². The summed E-state index contributed by atoms with van der Waals surface area (Å²) in [5, 5.41) is 2.97. The Kier molecular flexibility index (Phi) is 2.70. The molecule has 0 saturated heterocycles. The number of nitrogens with zero attached hydrogens (tertiary/aromatic N) is 2. The second-order valence-electron chi connectivity index (χ2n) is 3.04. The van der Waals surface area contributed by atoms with Crippen molar-refractivity contribution < 1.29 is 4.39 Å². The highest BCUT2D eigenvalue weighted by Gasteiger charge is 2.07. The highest BCUT2D eigenvalue weighted by atomic mass is 79.9. The van der Waals surface area contributed by atoms with Crippen LogP contribution in [0.3, 0.4) is 0 Å². The maximum absolute atomic E-state index is 12.9. The standard InChI is InChI=1S/C9H7BrFN3S/c1-14-9(15)12-8(13-14)6-3-2-5(11)4-7(6)10/h2-4H,1H3,(H,12,13,15). The van der Waals surface area contributed by atoms with E-state index < -0.39 is 0 Å². The Morgan fingerprint density at radius 3 is 2.80 bits per heavy atom. The van der Waals surface area contributed by atoms with Gasteiger partial charge in [0.25, 0.3) is 0 Å². The molecule has 78 valence electrons. The molecule has 0 amide bonds. The van der Waals surface area contributed by atoms with Crippen molar-refractivity contribution in [1.29, 1.82) is 0 Å². The molecule has 0 fully saturated rings. The van der Waals surface area contributed by atoms with E-state index in [0.717, 1.165) is 5.56 Å². The second kappa shape index (κ2) is 3.86. The summed E-state index contributed by atoms with van der Waals surface area (Å²) < 4.78 is 15.6. The van der Waals surface area contributed by atoms with Gasteiger partial charge >= 0.3 is 0 Å². The molecule has 0 atom stereocenters. The number of aryl methyl sites for hydroxylation is 1. The first-order valence-electron chi connectivity index (χ1n) is 4.16. The average molecular weight is 288 g/mol. The van der Waals surface area contributed by atoms with Crippen LogP contribution in [0.2, 0.25) is 0 Å².